The Balaban J connectivity index is 1.33. The normalized spacial score (nSPS) is 20.9. The third-order valence-electron chi connectivity index (χ3n) is 8.45. The molecule has 43 heavy (non-hydrogen) atoms. The first-order chi connectivity index (χ1) is 20.6. The van der Waals surface area contributed by atoms with Gasteiger partial charge in [0, 0.05) is 37.0 Å². The van der Waals surface area contributed by atoms with E-state index in [1.807, 2.05) is 38.6 Å². The van der Waals surface area contributed by atoms with Crippen molar-refractivity contribution in [2.75, 3.05) is 17.2 Å². The zero-order chi connectivity index (χ0) is 30.5. The molecule has 0 saturated heterocycles. The number of nitrogens with zero attached hydrogens (tertiary/aromatic N) is 6. The van der Waals surface area contributed by atoms with Crippen molar-refractivity contribution in [2.24, 2.45) is 13.0 Å². The Hall–Kier alpha value is -3.97. The lowest BCUT2D eigenvalue weighted by Crippen LogP contribution is -2.48. The van der Waals surface area contributed by atoms with Gasteiger partial charge in [-0.05, 0) is 57.7 Å². The molecule has 1 fully saturated rings. The number of aliphatic hydroxyl groups is 3. The lowest BCUT2D eigenvalue weighted by Gasteiger charge is -2.31. The molecule has 1 aromatic carbocycles. The van der Waals surface area contributed by atoms with E-state index in [4.69, 9.17) is 15.0 Å². The molecule has 0 amide bonds. The van der Waals surface area contributed by atoms with Crippen LogP contribution in [-0.2, 0) is 7.05 Å². The van der Waals surface area contributed by atoms with Crippen LogP contribution in [0.3, 0.4) is 0 Å². The van der Waals surface area contributed by atoms with Gasteiger partial charge in [-0.25, -0.2) is 9.97 Å². The number of hydrogen-bond donors (Lipinski definition) is 5. The maximum Gasteiger partial charge on any atom is 0.225 e. The van der Waals surface area contributed by atoms with Crippen molar-refractivity contribution in [3.05, 3.63) is 65.4 Å². The summed E-state index contributed by atoms with van der Waals surface area (Å²) in [5.74, 6) is 0.293. The monoisotopic (exact) mass is 600 g/mol. The van der Waals surface area contributed by atoms with Crippen molar-refractivity contribution in [3.8, 4) is 21.7 Å². The molecular formula is C31H36N8O3S. The van der Waals surface area contributed by atoms with Crippen LogP contribution in [0.1, 0.15) is 48.5 Å². The van der Waals surface area contributed by atoms with Crippen LogP contribution in [0.5, 0.6) is 0 Å². The van der Waals surface area contributed by atoms with E-state index in [0.29, 0.717) is 34.5 Å². The molecule has 12 heteroatoms. The number of anilines is 2. The van der Waals surface area contributed by atoms with Gasteiger partial charge >= 0.3 is 0 Å². The summed E-state index contributed by atoms with van der Waals surface area (Å²) in [5, 5.41) is 43.8. The predicted octanol–water partition coefficient (Wildman–Crippen LogP) is 4.51. The fourth-order valence-corrected chi connectivity index (χ4v) is 6.94. The third kappa shape index (κ3) is 5.35. The topological polar surface area (TPSA) is 154 Å². The van der Waals surface area contributed by atoms with Gasteiger partial charge in [0.05, 0.1) is 33.9 Å². The van der Waals surface area contributed by atoms with Gasteiger partial charge in [0.2, 0.25) is 5.95 Å². The summed E-state index contributed by atoms with van der Waals surface area (Å²) < 4.78 is 2.86. The van der Waals surface area contributed by atoms with Gasteiger partial charge in [0.15, 0.2) is 5.72 Å². The molecule has 11 nitrogen and oxygen atoms in total. The van der Waals surface area contributed by atoms with Gasteiger partial charge in [-0.2, -0.15) is 10.1 Å². The summed E-state index contributed by atoms with van der Waals surface area (Å²) in [6, 6.07) is 10.1. The Morgan fingerprint density at radius 2 is 1.84 bits per heavy atom. The van der Waals surface area contributed by atoms with Crippen molar-refractivity contribution in [1.29, 1.82) is 0 Å². The van der Waals surface area contributed by atoms with E-state index >= 15 is 0 Å². The van der Waals surface area contributed by atoms with Crippen LogP contribution in [0.2, 0.25) is 0 Å². The summed E-state index contributed by atoms with van der Waals surface area (Å²) in [5.41, 5.74) is 5.80. The van der Waals surface area contributed by atoms with E-state index in [1.165, 1.54) is 11.3 Å². The summed E-state index contributed by atoms with van der Waals surface area (Å²) in [4.78, 5) is 18.5. The summed E-state index contributed by atoms with van der Waals surface area (Å²) in [6.45, 7) is 7.79. The molecule has 0 radical (unpaired) electrons. The molecule has 1 aliphatic carbocycles. The van der Waals surface area contributed by atoms with Gasteiger partial charge in [0.25, 0.3) is 0 Å². The van der Waals surface area contributed by atoms with Crippen LogP contribution < -0.4 is 10.6 Å². The highest BCUT2D eigenvalue weighted by molar-refractivity contribution is 7.21. The van der Waals surface area contributed by atoms with Crippen LogP contribution >= 0.6 is 11.3 Å². The fraction of sp³-hybridized carbons (Fsp3) is 0.387. The van der Waals surface area contributed by atoms with E-state index in [2.05, 4.69) is 51.9 Å². The zero-order valence-corrected chi connectivity index (χ0v) is 25.6. The van der Waals surface area contributed by atoms with Gasteiger partial charge in [-0.15, -0.1) is 11.3 Å². The lowest BCUT2D eigenvalue weighted by molar-refractivity contribution is -0.0545. The molecule has 4 aromatic heterocycles. The second kappa shape index (κ2) is 11.3. The molecule has 4 heterocycles. The lowest BCUT2D eigenvalue weighted by atomic mass is 10.00. The molecule has 1 saturated carbocycles. The van der Waals surface area contributed by atoms with Crippen molar-refractivity contribution >= 4 is 33.3 Å². The number of aliphatic hydroxyl groups excluding tert-OH is 2. The summed E-state index contributed by atoms with van der Waals surface area (Å²) in [7, 11) is 1.95. The first kappa shape index (κ1) is 29.1. The van der Waals surface area contributed by atoms with Crippen LogP contribution in [-0.4, -0.2) is 63.5 Å². The number of nitrogens with one attached hydrogen (secondary N) is 2. The van der Waals surface area contributed by atoms with Crippen molar-refractivity contribution in [2.45, 2.75) is 58.4 Å². The van der Waals surface area contributed by atoms with Gasteiger partial charge in [-0.3, -0.25) is 9.67 Å². The van der Waals surface area contributed by atoms with Gasteiger partial charge in [-0.1, -0.05) is 24.3 Å². The molecule has 224 valence electrons. The number of thiazole rings is 1. The van der Waals surface area contributed by atoms with E-state index in [1.54, 1.807) is 12.4 Å². The second-order valence-corrected chi connectivity index (χ2v) is 12.4. The predicted molar refractivity (Wildman–Crippen MR) is 168 cm³/mol. The number of rotatable bonds is 8. The Bertz CT molecular complexity index is 1750. The Morgan fingerprint density at radius 3 is 2.49 bits per heavy atom. The quantitative estimate of drug-likeness (QED) is 0.161. The molecule has 0 aliphatic heterocycles. The van der Waals surface area contributed by atoms with Gasteiger partial charge < -0.3 is 26.0 Å². The zero-order valence-electron chi connectivity index (χ0n) is 24.8. The van der Waals surface area contributed by atoms with Crippen LogP contribution in [0.15, 0.2) is 42.7 Å². The molecule has 5 N–H and O–H groups in total. The molecule has 5 aromatic rings. The van der Waals surface area contributed by atoms with Crippen LogP contribution in [0, 0.1) is 26.7 Å². The molecule has 4 atom stereocenters. The van der Waals surface area contributed by atoms with Crippen LogP contribution in [0.25, 0.3) is 31.9 Å². The van der Waals surface area contributed by atoms with E-state index in [-0.39, 0.29) is 19.1 Å². The number of pyridine rings is 1. The number of fused-ring (bicyclic) bond motifs is 1. The van der Waals surface area contributed by atoms with Crippen LogP contribution in [0.4, 0.5) is 11.8 Å². The highest BCUT2D eigenvalue weighted by Gasteiger charge is 2.47. The molecule has 0 spiro atoms. The molecular weight excluding hydrogens is 564 g/mol. The van der Waals surface area contributed by atoms with E-state index < -0.39 is 17.7 Å². The molecule has 6 rings (SSSR count). The number of aryl methyl sites for hydroxylation is 3. The Kier molecular flexibility index (Phi) is 7.63. The minimum atomic E-state index is -1.66. The number of benzene rings is 1. The number of aromatic nitrogens is 6. The van der Waals surface area contributed by atoms with Crippen molar-refractivity contribution < 1.29 is 15.3 Å². The first-order valence-electron chi connectivity index (χ1n) is 14.3. The minimum absolute atomic E-state index is 0.129. The first-order valence-corrected chi connectivity index (χ1v) is 15.2. The average molecular weight is 601 g/mol. The maximum atomic E-state index is 11.4. The number of hydrogen-bond acceptors (Lipinski definition) is 11. The van der Waals surface area contributed by atoms with Gasteiger partial charge in [0.1, 0.15) is 22.4 Å². The third-order valence-corrected chi connectivity index (χ3v) is 9.50. The summed E-state index contributed by atoms with van der Waals surface area (Å²) in [6.07, 6.45) is 3.00. The SMILES string of the molecule is Cc1nc(NC(C)c2ccc(-c3c(C)nn(C)c3C)cc2)nc(NC2(O)CCC(CO)C2O)c1-c1nc2cnccc2s1. The summed E-state index contributed by atoms with van der Waals surface area (Å²) >= 11 is 1.48. The maximum absolute atomic E-state index is 11.4. The molecule has 0 bridgehead atoms. The molecule has 4 unspecified atom stereocenters. The fourth-order valence-electron chi connectivity index (χ4n) is 5.91. The molecule has 1 aliphatic rings. The average Bonchev–Trinajstić information content (AvgIpc) is 3.61. The highest BCUT2D eigenvalue weighted by atomic mass is 32.1. The standard InChI is InChI=1S/C31H36N8O3S/c1-16(20-6-8-21(9-7-20)25-18(3)38-39(5)19(25)4)33-30-34-17(2)26(29-35-23-14-32-13-11-24(23)43-29)28(36-30)37-31(42)12-10-22(15-40)27(31)41/h6-9,11,13-14,16,22,27,40-42H,10,12,15H2,1-5H3,(H2,33,34,36,37). The minimum Gasteiger partial charge on any atom is -0.396 e. The van der Waals surface area contributed by atoms with Crippen molar-refractivity contribution in [1.82, 2.24) is 29.7 Å². The highest BCUT2D eigenvalue weighted by Crippen LogP contribution is 2.41. The second-order valence-electron chi connectivity index (χ2n) is 11.4. The smallest absolute Gasteiger partial charge is 0.225 e. The largest absolute Gasteiger partial charge is 0.396 e. The van der Waals surface area contributed by atoms with E-state index in [9.17, 15) is 15.3 Å². The van der Waals surface area contributed by atoms with E-state index in [0.717, 1.165) is 38.3 Å². The Morgan fingerprint density at radius 1 is 1.07 bits per heavy atom. The Labute approximate surface area is 253 Å². The van der Waals surface area contributed by atoms with Crippen molar-refractivity contribution in [3.63, 3.8) is 0 Å².